The Morgan fingerprint density at radius 3 is 2.76 bits per heavy atom. The van der Waals surface area contributed by atoms with Crippen LogP contribution in [0.25, 0.3) is 0 Å². The van der Waals surface area contributed by atoms with E-state index < -0.39 is 5.97 Å². The first-order chi connectivity index (χ1) is 8.08. The van der Waals surface area contributed by atoms with E-state index in [1.54, 1.807) is 6.92 Å². The zero-order valence-corrected chi connectivity index (χ0v) is 10.4. The molecule has 1 aliphatic heterocycles. The lowest BCUT2D eigenvalue weighted by Gasteiger charge is -2.15. The highest BCUT2D eigenvalue weighted by atomic mass is 16.4. The first-order valence-electron chi connectivity index (χ1n) is 6.29. The molecule has 1 heterocycles. The molecular weight excluding hydrogens is 220 g/mol. The Morgan fingerprint density at radius 2 is 2.12 bits per heavy atom. The molecule has 1 fully saturated rings. The summed E-state index contributed by atoms with van der Waals surface area (Å²) >= 11 is 0. The van der Waals surface area contributed by atoms with Crippen molar-refractivity contribution in [2.24, 2.45) is 0 Å². The molecule has 0 radical (unpaired) electrons. The molecule has 0 aromatic carbocycles. The summed E-state index contributed by atoms with van der Waals surface area (Å²) in [5, 5.41) is 11.4. The van der Waals surface area contributed by atoms with Crippen LogP contribution in [0.15, 0.2) is 0 Å². The monoisotopic (exact) mass is 242 g/mol. The molecule has 2 N–H and O–H groups in total. The van der Waals surface area contributed by atoms with E-state index in [4.69, 9.17) is 5.11 Å². The van der Waals surface area contributed by atoms with Gasteiger partial charge in [0.25, 0.3) is 0 Å². The summed E-state index contributed by atoms with van der Waals surface area (Å²) in [5.41, 5.74) is 0. The number of likely N-dealkylation sites (tertiary alicyclic amines) is 1. The second-order valence-corrected chi connectivity index (χ2v) is 4.69. The van der Waals surface area contributed by atoms with Crippen LogP contribution in [-0.4, -0.2) is 47.6 Å². The van der Waals surface area contributed by atoms with Crippen molar-refractivity contribution in [2.45, 2.75) is 45.1 Å². The number of aliphatic carboxylic acids is 1. The number of amides is 1. The number of nitrogens with one attached hydrogen (secondary N) is 1. The van der Waals surface area contributed by atoms with E-state index in [2.05, 4.69) is 10.2 Å². The number of nitrogens with zero attached hydrogens (tertiary/aromatic N) is 1. The highest BCUT2D eigenvalue weighted by Gasteiger charge is 2.22. The van der Waals surface area contributed by atoms with Crippen LogP contribution < -0.4 is 5.32 Å². The number of rotatable bonds is 7. The Kier molecular flexibility index (Phi) is 5.97. The van der Waals surface area contributed by atoms with E-state index >= 15 is 0 Å². The molecule has 0 aliphatic carbocycles. The molecule has 1 atom stereocenters. The van der Waals surface area contributed by atoms with Gasteiger partial charge in [0.1, 0.15) is 0 Å². The fourth-order valence-electron chi connectivity index (χ4n) is 2.23. The van der Waals surface area contributed by atoms with Crippen LogP contribution in [0.5, 0.6) is 0 Å². The summed E-state index contributed by atoms with van der Waals surface area (Å²) < 4.78 is 0. The molecule has 1 aliphatic rings. The van der Waals surface area contributed by atoms with Gasteiger partial charge in [-0.05, 0) is 25.8 Å². The maximum atomic E-state index is 10.9. The molecule has 17 heavy (non-hydrogen) atoms. The third-order valence-corrected chi connectivity index (χ3v) is 3.04. The number of carboxylic acids is 1. The Balaban J connectivity index is 2.02. The van der Waals surface area contributed by atoms with Crippen molar-refractivity contribution in [1.82, 2.24) is 10.2 Å². The molecule has 0 bridgehead atoms. The van der Waals surface area contributed by atoms with Gasteiger partial charge in [-0.25, -0.2) is 0 Å². The van der Waals surface area contributed by atoms with E-state index in [-0.39, 0.29) is 12.3 Å². The summed E-state index contributed by atoms with van der Waals surface area (Å²) in [7, 11) is 0. The maximum Gasteiger partial charge on any atom is 0.303 e. The SMILES string of the molecule is CC(=O)NC1CCN(CCCCCC(=O)O)C1. The van der Waals surface area contributed by atoms with Gasteiger partial charge < -0.3 is 15.3 Å². The Morgan fingerprint density at radius 1 is 1.35 bits per heavy atom. The molecule has 0 aromatic heterocycles. The largest absolute Gasteiger partial charge is 0.481 e. The Bertz CT molecular complexity index is 268. The summed E-state index contributed by atoms with van der Waals surface area (Å²) in [5.74, 6) is -0.671. The number of hydrogen-bond acceptors (Lipinski definition) is 3. The van der Waals surface area contributed by atoms with Gasteiger partial charge in [0.05, 0.1) is 0 Å². The standard InChI is InChI=1S/C12H22N2O3/c1-10(15)13-11-6-8-14(9-11)7-4-2-3-5-12(16)17/h11H,2-9H2,1H3,(H,13,15)(H,16,17). The lowest BCUT2D eigenvalue weighted by molar-refractivity contribution is -0.137. The van der Waals surface area contributed by atoms with Crippen molar-refractivity contribution < 1.29 is 14.7 Å². The first-order valence-corrected chi connectivity index (χ1v) is 6.29. The van der Waals surface area contributed by atoms with E-state index in [1.807, 2.05) is 0 Å². The van der Waals surface area contributed by atoms with Crippen molar-refractivity contribution in [2.75, 3.05) is 19.6 Å². The average molecular weight is 242 g/mol. The molecule has 98 valence electrons. The minimum atomic E-state index is -0.711. The molecule has 0 spiro atoms. The minimum Gasteiger partial charge on any atom is -0.481 e. The van der Waals surface area contributed by atoms with Crippen LogP contribution in [-0.2, 0) is 9.59 Å². The van der Waals surface area contributed by atoms with Crippen molar-refractivity contribution in [3.63, 3.8) is 0 Å². The van der Waals surface area contributed by atoms with Crippen LogP contribution >= 0.6 is 0 Å². The molecule has 5 nitrogen and oxygen atoms in total. The third-order valence-electron chi connectivity index (χ3n) is 3.04. The number of unbranched alkanes of at least 4 members (excludes halogenated alkanes) is 2. The molecular formula is C12H22N2O3. The predicted octanol–water partition coefficient (Wildman–Crippen LogP) is 0.842. The van der Waals surface area contributed by atoms with Crippen molar-refractivity contribution in [1.29, 1.82) is 0 Å². The lowest BCUT2D eigenvalue weighted by Crippen LogP contribution is -2.35. The van der Waals surface area contributed by atoms with Gasteiger partial charge in [-0.2, -0.15) is 0 Å². The van der Waals surface area contributed by atoms with Crippen molar-refractivity contribution >= 4 is 11.9 Å². The van der Waals surface area contributed by atoms with Gasteiger partial charge in [0.15, 0.2) is 0 Å². The second-order valence-electron chi connectivity index (χ2n) is 4.69. The van der Waals surface area contributed by atoms with E-state index in [9.17, 15) is 9.59 Å². The van der Waals surface area contributed by atoms with Crippen LogP contribution in [0.4, 0.5) is 0 Å². The summed E-state index contributed by atoms with van der Waals surface area (Å²) in [6.07, 6.45) is 4.06. The van der Waals surface area contributed by atoms with E-state index in [0.29, 0.717) is 6.04 Å². The molecule has 0 aromatic rings. The number of carboxylic acid groups (broad SMARTS) is 1. The number of carbonyl (C=O) groups is 2. The summed E-state index contributed by atoms with van der Waals surface area (Å²) in [6.45, 7) is 4.52. The molecule has 1 unspecified atom stereocenters. The Hall–Kier alpha value is -1.10. The Labute approximate surface area is 102 Å². The zero-order chi connectivity index (χ0) is 12.7. The van der Waals surface area contributed by atoms with Crippen LogP contribution in [0.1, 0.15) is 39.0 Å². The molecule has 1 saturated heterocycles. The normalized spacial score (nSPS) is 20.4. The fraction of sp³-hybridized carbons (Fsp3) is 0.833. The summed E-state index contributed by atoms with van der Waals surface area (Å²) in [6, 6.07) is 0.298. The minimum absolute atomic E-state index is 0.0401. The predicted molar refractivity (Wildman–Crippen MR) is 64.8 cm³/mol. The van der Waals surface area contributed by atoms with Crippen LogP contribution in [0, 0.1) is 0 Å². The lowest BCUT2D eigenvalue weighted by atomic mass is 10.2. The smallest absolute Gasteiger partial charge is 0.303 e. The van der Waals surface area contributed by atoms with Gasteiger partial charge in [-0.1, -0.05) is 6.42 Å². The fourth-order valence-corrected chi connectivity index (χ4v) is 2.23. The van der Waals surface area contributed by atoms with Gasteiger partial charge in [0, 0.05) is 32.5 Å². The van der Waals surface area contributed by atoms with Gasteiger partial charge >= 0.3 is 5.97 Å². The van der Waals surface area contributed by atoms with E-state index in [1.165, 1.54) is 0 Å². The molecule has 5 heteroatoms. The maximum absolute atomic E-state index is 10.9. The van der Waals surface area contributed by atoms with Crippen LogP contribution in [0.2, 0.25) is 0 Å². The van der Waals surface area contributed by atoms with Crippen LogP contribution in [0.3, 0.4) is 0 Å². The number of hydrogen-bond donors (Lipinski definition) is 2. The van der Waals surface area contributed by atoms with Gasteiger partial charge in [-0.3, -0.25) is 9.59 Å². The zero-order valence-electron chi connectivity index (χ0n) is 10.4. The van der Waals surface area contributed by atoms with Crippen molar-refractivity contribution in [3.8, 4) is 0 Å². The first kappa shape index (κ1) is 14.0. The van der Waals surface area contributed by atoms with Crippen molar-refractivity contribution in [3.05, 3.63) is 0 Å². The number of carbonyl (C=O) groups excluding carboxylic acids is 1. The quantitative estimate of drug-likeness (QED) is 0.649. The van der Waals surface area contributed by atoms with Gasteiger partial charge in [-0.15, -0.1) is 0 Å². The van der Waals surface area contributed by atoms with Gasteiger partial charge in [0.2, 0.25) is 5.91 Å². The second kappa shape index (κ2) is 7.27. The molecule has 1 rings (SSSR count). The highest BCUT2D eigenvalue weighted by molar-refractivity contribution is 5.73. The molecule has 1 amide bonds. The third kappa shape index (κ3) is 6.26. The average Bonchev–Trinajstić information content (AvgIpc) is 2.63. The summed E-state index contributed by atoms with van der Waals surface area (Å²) in [4.78, 5) is 23.5. The topological polar surface area (TPSA) is 69.6 Å². The van der Waals surface area contributed by atoms with E-state index in [0.717, 1.165) is 45.3 Å². The molecule has 0 saturated carbocycles. The highest BCUT2D eigenvalue weighted by Crippen LogP contribution is 2.11.